The fourth-order valence-corrected chi connectivity index (χ4v) is 3.82. The van der Waals surface area contributed by atoms with E-state index in [4.69, 9.17) is 14.5 Å². The van der Waals surface area contributed by atoms with E-state index in [0.717, 1.165) is 46.4 Å². The third-order valence-corrected chi connectivity index (χ3v) is 5.77. The fraction of sp³-hybridized carbons (Fsp3) is 0.364. The molecule has 0 saturated heterocycles. The Balaban J connectivity index is 1.26. The monoisotopic (exact) mass is 420 g/mol. The minimum absolute atomic E-state index is 0.0377. The van der Waals surface area contributed by atoms with Gasteiger partial charge in [0.1, 0.15) is 17.6 Å². The van der Waals surface area contributed by atoms with Gasteiger partial charge in [-0.15, -0.1) is 0 Å². The normalized spacial score (nSPS) is 16.9. The van der Waals surface area contributed by atoms with Gasteiger partial charge in [-0.05, 0) is 43.5 Å². The number of fused-ring (bicyclic) bond motifs is 2. The lowest BCUT2D eigenvalue weighted by atomic mass is 10.1. The first-order valence-electron chi connectivity index (χ1n) is 10.3. The second-order valence-corrected chi connectivity index (χ2v) is 7.93. The number of rotatable bonds is 5. The summed E-state index contributed by atoms with van der Waals surface area (Å²) in [5, 5.41) is 7.40. The number of amides is 1. The number of nitrogens with zero attached hydrogens (tertiary/aromatic N) is 5. The van der Waals surface area contributed by atoms with Gasteiger partial charge in [0, 0.05) is 19.7 Å². The summed E-state index contributed by atoms with van der Waals surface area (Å²) in [7, 11) is 1.89. The van der Waals surface area contributed by atoms with Crippen LogP contribution in [0.15, 0.2) is 30.6 Å². The van der Waals surface area contributed by atoms with E-state index in [0.29, 0.717) is 18.7 Å². The van der Waals surface area contributed by atoms with Gasteiger partial charge in [-0.3, -0.25) is 9.48 Å². The van der Waals surface area contributed by atoms with E-state index in [-0.39, 0.29) is 18.7 Å². The molecule has 5 rings (SSSR count). The van der Waals surface area contributed by atoms with Crippen LogP contribution in [-0.4, -0.2) is 45.5 Å². The van der Waals surface area contributed by atoms with Gasteiger partial charge in [-0.25, -0.2) is 9.97 Å². The SMILES string of the molecule is Cc1nc(CCc2cnn(Cc3ccc4c(c3)OCO4)c2)nc2c1NC(=O)[C@H](C)N2C. The molecule has 9 nitrogen and oxygen atoms in total. The molecule has 1 aromatic carbocycles. The summed E-state index contributed by atoms with van der Waals surface area (Å²) in [5.74, 6) is 3.05. The molecule has 4 heterocycles. The number of anilines is 2. The number of likely N-dealkylation sites (N-methyl/N-ethyl adjacent to an activating group) is 1. The van der Waals surface area contributed by atoms with Crippen molar-refractivity contribution < 1.29 is 14.3 Å². The van der Waals surface area contributed by atoms with Crippen molar-refractivity contribution in [2.45, 2.75) is 39.3 Å². The van der Waals surface area contributed by atoms with Crippen LogP contribution in [0.4, 0.5) is 11.5 Å². The number of hydrogen-bond acceptors (Lipinski definition) is 7. The zero-order valence-corrected chi connectivity index (χ0v) is 17.8. The molecule has 0 saturated carbocycles. The quantitative estimate of drug-likeness (QED) is 0.677. The summed E-state index contributed by atoms with van der Waals surface area (Å²) in [6, 6.07) is 5.68. The molecular formula is C22H24N6O3. The number of benzene rings is 1. The van der Waals surface area contributed by atoms with Crippen LogP contribution in [0.25, 0.3) is 0 Å². The molecule has 0 bridgehead atoms. The second kappa shape index (κ2) is 7.57. The average Bonchev–Trinajstić information content (AvgIpc) is 3.40. The largest absolute Gasteiger partial charge is 0.454 e. The summed E-state index contributed by atoms with van der Waals surface area (Å²) >= 11 is 0. The molecule has 160 valence electrons. The standard InChI is InChI=1S/C22H24N6O3/c1-13-20-21(27(3)14(2)22(29)26-20)25-19(24-13)7-5-16-9-23-28(11-16)10-15-4-6-17-18(8-15)31-12-30-17/h4,6,8-9,11,14H,5,7,10,12H2,1-3H3,(H,26,29)/t14-/m0/s1. The number of aromatic nitrogens is 4. The molecule has 3 aromatic rings. The third-order valence-electron chi connectivity index (χ3n) is 5.77. The number of carbonyl (C=O) groups excluding carboxylic acids is 1. The molecule has 0 aliphatic carbocycles. The maximum Gasteiger partial charge on any atom is 0.246 e. The van der Waals surface area contributed by atoms with Crippen molar-refractivity contribution in [1.29, 1.82) is 0 Å². The Bertz CT molecular complexity index is 1160. The van der Waals surface area contributed by atoms with E-state index in [1.165, 1.54) is 0 Å². The first-order valence-corrected chi connectivity index (χ1v) is 10.3. The van der Waals surface area contributed by atoms with Crippen molar-refractivity contribution in [3.63, 3.8) is 0 Å². The molecule has 31 heavy (non-hydrogen) atoms. The summed E-state index contributed by atoms with van der Waals surface area (Å²) in [6.07, 6.45) is 5.40. The summed E-state index contributed by atoms with van der Waals surface area (Å²) in [4.78, 5) is 23.3. The molecular weight excluding hydrogens is 396 g/mol. The zero-order valence-electron chi connectivity index (χ0n) is 17.8. The van der Waals surface area contributed by atoms with Gasteiger partial charge < -0.3 is 19.7 Å². The van der Waals surface area contributed by atoms with Gasteiger partial charge in [0.05, 0.1) is 18.4 Å². The van der Waals surface area contributed by atoms with Crippen molar-refractivity contribution in [3.05, 3.63) is 53.2 Å². The van der Waals surface area contributed by atoms with Crippen LogP contribution < -0.4 is 19.7 Å². The highest BCUT2D eigenvalue weighted by Crippen LogP contribution is 2.33. The van der Waals surface area contributed by atoms with E-state index in [1.54, 1.807) is 0 Å². The molecule has 0 spiro atoms. The lowest BCUT2D eigenvalue weighted by Crippen LogP contribution is -2.45. The molecule has 2 aromatic heterocycles. The van der Waals surface area contributed by atoms with Crippen molar-refractivity contribution >= 4 is 17.4 Å². The van der Waals surface area contributed by atoms with E-state index in [2.05, 4.69) is 15.4 Å². The van der Waals surface area contributed by atoms with Crippen molar-refractivity contribution in [1.82, 2.24) is 19.7 Å². The van der Waals surface area contributed by atoms with Gasteiger partial charge in [0.15, 0.2) is 17.3 Å². The van der Waals surface area contributed by atoms with Crippen LogP contribution in [0.5, 0.6) is 11.5 Å². The Labute approximate surface area is 180 Å². The van der Waals surface area contributed by atoms with Crippen LogP contribution in [-0.2, 0) is 24.2 Å². The van der Waals surface area contributed by atoms with Crippen LogP contribution >= 0.6 is 0 Å². The number of aryl methyl sites for hydroxylation is 3. The Morgan fingerprint density at radius 1 is 1.16 bits per heavy atom. The van der Waals surface area contributed by atoms with E-state index < -0.39 is 0 Å². The van der Waals surface area contributed by atoms with Crippen molar-refractivity contribution in [2.75, 3.05) is 24.1 Å². The zero-order chi connectivity index (χ0) is 21.5. The third kappa shape index (κ3) is 3.67. The molecule has 1 N–H and O–H groups in total. The second-order valence-electron chi connectivity index (χ2n) is 7.93. The lowest BCUT2D eigenvalue weighted by molar-refractivity contribution is -0.117. The molecule has 0 fully saturated rings. The maximum absolute atomic E-state index is 12.1. The maximum atomic E-state index is 12.1. The Morgan fingerprint density at radius 2 is 2.00 bits per heavy atom. The number of nitrogens with one attached hydrogen (secondary N) is 1. The highest BCUT2D eigenvalue weighted by Gasteiger charge is 2.30. The van der Waals surface area contributed by atoms with E-state index >= 15 is 0 Å². The number of hydrogen-bond donors (Lipinski definition) is 1. The Morgan fingerprint density at radius 3 is 2.87 bits per heavy atom. The van der Waals surface area contributed by atoms with Gasteiger partial charge in [-0.2, -0.15) is 5.10 Å². The van der Waals surface area contributed by atoms with Crippen LogP contribution in [0, 0.1) is 6.92 Å². The fourth-order valence-electron chi connectivity index (χ4n) is 3.82. The van der Waals surface area contributed by atoms with E-state index in [1.807, 2.05) is 61.1 Å². The van der Waals surface area contributed by atoms with E-state index in [9.17, 15) is 4.79 Å². The molecule has 1 amide bonds. The molecule has 9 heteroatoms. The van der Waals surface area contributed by atoms with Gasteiger partial charge in [0.2, 0.25) is 12.7 Å². The number of ether oxygens (including phenoxy) is 2. The lowest BCUT2D eigenvalue weighted by Gasteiger charge is -2.32. The average molecular weight is 420 g/mol. The predicted molar refractivity (Wildman–Crippen MR) is 115 cm³/mol. The van der Waals surface area contributed by atoms with Gasteiger partial charge >= 0.3 is 0 Å². The van der Waals surface area contributed by atoms with Crippen molar-refractivity contribution in [2.24, 2.45) is 0 Å². The number of carbonyl (C=O) groups is 1. The minimum Gasteiger partial charge on any atom is -0.454 e. The molecule has 1 atom stereocenters. The van der Waals surface area contributed by atoms with Crippen LogP contribution in [0.3, 0.4) is 0 Å². The topological polar surface area (TPSA) is 94.4 Å². The predicted octanol–water partition coefficient (Wildman–Crippen LogP) is 2.32. The van der Waals surface area contributed by atoms with Gasteiger partial charge in [-0.1, -0.05) is 6.07 Å². The minimum atomic E-state index is -0.260. The Hall–Kier alpha value is -3.62. The Kier molecular flexibility index (Phi) is 4.72. The summed E-state index contributed by atoms with van der Waals surface area (Å²) in [5.41, 5.74) is 3.71. The highest BCUT2D eigenvalue weighted by atomic mass is 16.7. The first-order chi connectivity index (χ1) is 15.0. The summed E-state index contributed by atoms with van der Waals surface area (Å²) in [6.45, 7) is 4.70. The smallest absolute Gasteiger partial charge is 0.246 e. The van der Waals surface area contributed by atoms with Crippen molar-refractivity contribution in [3.8, 4) is 11.5 Å². The first kappa shape index (κ1) is 19.3. The van der Waals surface area contributed by atoms with Gasteiger partial charge in [0.25, 0.3) is 0 Å². The highest BCUT2D eigenvalue weighted by molar-refractivity contribution is 6.02. The molecule has 2 aliphatic heterocycles. The van der Waals surface area contributed by atoms with Crippen LogP contribution in [0.2, 0.25) is 0 Å². The molecule has 2 aliphatic rings. The molecule has 0 unspecified atom stereocenters. The molecule has 0 radical (unpaired) electrons. The van der Waals surface area contributed by atoms with Crippen LogP contribution in [0.1, 0.15) is 29.6 Å². The summed E-state index contributed by atoms with van der Waals surface area (Å²) < 4.78 is 12.7.